The Bertz CT molecular complexity index is 345. The van der Waals surface area contributed by atoms with Crippen molar-refractivity contribution in [3.05, 3.63) is 23.8 Å². The summed E-state index contributed by atoms with van der Waals surface area (Å²) < 4.78 is 10.3. The first-order valence-electron chi connectivity index (χ1n) is 4.87. The van der Waals surface area contributed by atoms with Crippen molar-refractivity contribution in [1.29, 1.82) is 0 Å². The molecule has 0 heterocycles. The Labute approximate surface area is 90.0 Å². The molecule has 0 saturated heterocycles. The summed E-state index contributed by atoms with van der Waals surface area (Å²) >= 11 is 0. The minimum absolute atomic E-state index is 0.188. The molecule has 0 aliphatic carbocycles. The van der Waals surface area contributed by atoms with Gasteiger partial charge >= 0.3 is 0 Å². The van der Waals surface area contributed by atoms with Gasteiger partial charge in [-0.1, -0.05) is 6.07 Å². The number of Topliss-reactive ketones (excluding diaryl/α,β-unsaturated/α-hetero) is 1. The lowest BCUT2D eigenvalue weighted by Crippen LogP contribution is -1.97. The number of hydrogen-bond donors (Lipinski definition) is 0. The highest BCUT2D eigenvalue weighted by atomic mass is 16.5. The zero-order valence-electron chi connectivity index (χ0n) is 9.37. The summed E-state index contributed by atoms with van der Waals surface area (Å²) in [5, 5.41) is 0. The van der Waals surface area contributed by atoms with E-state index in [1.54, 1.807) is 21.1 Å². The maximum absolute atomic E-state index is 10.9. The van der Waals surface area contributed by atoms with Gasteiger partial charge in [0.1, 0.15) is 17.3 Å². The summed E-state index contributed by atoms with van der Waals surface area (Å²) in [5.74, 6) is 1.72. The lowest BCUT2D eigenvalue weighted by Gasteiger charge is -2.09. The maximum atomic E-state index is 10.9. The molecule has 0 saturated carbocycles. The Kier molecular flexibility index (Phi) is 4.16. The molecule has 0 amide bonds. The molecule has 0 bridgehead atoms. The molecule has 0 aliphatic heterocycles. The second-order valence-corrected chi connectivity index (χ2v) is 3.38. The van der Waals surface area contributed by atoms with Gasteiger partial charge in [-0.05, 0) is 25.0 Å². The molecular formula is C12H16O3. The molecule has 0 fully saturated rings. The second-order valence-electron chi connectivity index (χ2n) is 3.38. The number of methoxy groups -OCH3 is 2. The topological polar surface area (TPSA) is 35.5 Å². The van der Waals surface area contributed by atoms with Crippen LogP contribution in [0.5, 0.6) is 11.5 Å². The van der Waals surface area contributed by atoms with E-state index in [0.717, 1.165) is 17.1 Å². The number of ether oxygens (including phenoxy) is 2. The number of aryl methyl sites for hydroxylation is 1. The van der Waals surface area contributed by atoms with Gasteiger partial charge in [-0.3, -0.25) is 0 Å². The number of carbonyl (C=O) groups is 1. The van der Waals surface area contributed by atoms with E-state index in [-0.39, 0.29) is 5.78 Å². The number of ketones is 1. The molecule has 0 radical (unpaired) electrons. The molecule has 0 spiro atoms. The van der Waals surface area contributed by atoms with Gasteiger partial charge in [-0.15, -0.1) is 0 Å². The minimum atomic E-state index is 0.188. The fraction of sp³-hybridized carbons (Fsp3) is 0.417. The van der Waals surface area contributed by atoms with E-state index in [0.29, 0.717) is 12.8 Å². The van der Waals surface area contributed by atoms with Crippen LogP contribution >= 0.6 is 0 Å². The molecule has 15 heavy (non-hydrogen) atoms. The molecule has 1 rings (SSSR count). The minimum Gasteiger partial charge on any atom is -0.497 e. The fourth-order valence-corrected chi connectivity index (χ4v) is 1.37. The molecule has 1 aromatic rings. The van der Waals surface area contributed by atoms with E-state index < -0.39 is 0 Å². The van der Waals surface area contributed by atoms with Gasteiger partial charge in [0.2, 0.25) is 0 Å². The Morgan fingerprint density at radius 3 is 2.53 bits per heavy atom. The van der Waals surface area contributed by atoms with Gasteiger partial charge in [0.25, 0.3) is 0 Å². The van der Waals surface area contributed by atoms with Gasteiger partial charge in [-0.2, -0.15) is 0 Å². The van der Waals surface area contributed by atoms with Crippen LogP contribution in [0.4, 0.5) is 0 Å². The Hall–Kier alpha value is -1.51. The van der Waals surface area contributed by atoms with E-state index in [1.165, 1.54) is 0 Å². The Morgan fingerprint density at radius 2 is 2.00 bits per heavy atom. The molecule has 1 aromatic carbocycles. The summed E-state index contributed by atoms with van der Waals surface area (Å²) in [6.07, 6.45) is 1.26. The SMILES string of the molecule is COc1ccc(CCC(C)=O)c(OC)c1. The average Bonchev–Trinajstić information content (AvgIpc) is 2.25. The van der Waals surface area contributed by atoms with Crippen LogP contribution in [-0.4, -0.2) is 20.0 Å². The summed E-state index contributed by atoms with van der Waals surface area (Å²) in [5.41, 5.74) is 1.04. The Balaban J connectivity index is 2.82. The first kappa shape index (κ1) is 11.6. The number of carbonyl (C=O) groups excluding carboxylic acids is 1. The van der Waals surface area contributed by atoms with Gasteiger partial charge < -0.3 is 14.3 Å². The zero-order valence-corrected chi connectivity index (χ0v) is 9.37. The molecule has 0 aromatic heterocycles. The monoisotopic (exact) mass is 208 g/mol. The van der Waals surface area contributed by atoms with Gasteiger partial charge in [0, 0.05) is 12.5 Å². The fourth-order valence-electron chi connectivity index (χ4n) is 1.37. The van der Waals surface area contributed by atoms with Crippen LogP contribution in [0.1, 0.15) is 18.9 Å². The molecule has 82 valence electrons. The molecule has 0 unspecified atom stereocenters. The van der Waals surface area contributed by atoms with E-state index in [4.69, 9.17) is 9.47 Å². The lowest BCUT2D eigenvalue weighted by atomic mass is 10.1. The van der Waals surface area contributed by atoms with Crippen molar-refractivity contribution >= 4 is 5.78 Å². The third kappa shape index (κ3) is 3.27. The van der Waals surface area contributed by atoms with Crippen LogP contribution in [0.3, 0.4) is 0 Å². The quantitative estimate of drug-likeness (QED) is 0.744. The average molecular weight is 208 g/mol. The van der Waals surface area contributed by atoms with Crippen molar-refractivity contribution in [2.75, 3.05) is 14.2 Å². The van der Waals surface area contributed by atoms with Crippen molar-refractivity contribution in [2.24, 2.45) is 0 Å². The first-order valence-corrected chi connectivity index (χ1v) is 4.87. The molecule has 0 aliphatic rings. The summed E-state index contributed by atoms with van der Waals surface area (Å²) in [6.45, 7) is 1.59. The predicted molar refractivity (Wildman–Crippen MR) is 58.5 cm³/mol. The Morgan fingerprint density at radius 1 is 1.27 bits per heavy atom. The van der Waals surface area contributed by atoms with Crippen LogP contribution < -0.4 is 9.47 Å². The molecule has 0 atom stereocenters. The molecule has 3 heteroatoms. The first-order chi connectivity index (χ1) is 7.17. The third-order valence-corrected chi connectivity index (χ3v) is 2.24. The van der Waals surface area contributed by atoms with Gasteiger partial charge in [-0.25, -0.2) is 0 Å². The van der Waals surface area contributed by atoms with Crippen molar-refractivity contribution in [1.82, 2.24) is 0 Å². The van der Waals surface area contributed by atoms with Crippen molar-refractivity contribution in [3.8, 4) is 11.5 Å². The second kappa shape index (κ2) is 5.39. The van der Waals surface area contributed by atoms with E-state index >= 15 is 0 Å². The summed E-state index contributed by atoms with van der Waals surface area (Å²) in [6, 6.07) is 5.63. The van der Waals surface area contributed by atoms with E-state index in [1.807, 2.05) is 18.2 Å². The largest absolute Gasteiger partial charge is 0.497 e. The molecular weight excluding hydrogens is 192 g/mol. The van der Waals surface area contributed by atoms with Crippen LogP contribution in [0, 0.1) is 0 Å². The van der Waals surface area contributed by atoms with Crippen LogP contribution in [0.2, 0.25) is 0 Å². The van der Waals surface area contributed by atoms with Gasteiger partial charge in [0.05, 0.1) is 14.2 Å². The number of hydrogen-bond acceptors (Lipinski definition) is 3. The van der Waals surface area contributed by atoms with Crippen LogP contribution in [0.15, 0.2) is 18.2 Å². The number of benzene rings is 1. The molecule has 0 N–H and O–H groups in total. The van der Waals surface area contributed by atoms with Crippen molar-refractivity contribution in [3.63, 3.8) is 0 Å². The smallest absolute Gasteiger partial charge is 0.130 e. The van der Waals surface area contributed by atoms with E-state index in [9.17, 15) is 4.79 Å². The van der Waals surface area contributed by atoms with Crippen LogP contribution in [0.25, 0.3) is 0 Å². The highest BCUT2D eigenvalue weighted by Crippen LogP contribution is 2.25. The third-order valence-electron chi connectivity index (χ3n) is 2.24. The van der Waals surface area contributed by atoms with E-state index in [2.05, 4.69) is 0 Å². The lowest BCUT2D eigenvalue weighted by molar-refractivity contribution is -0.116. The standard InChI is InChI=1S/C12H16O3/c1-9(13)4-5-10-6-7-11(14-2)8-12(10)15-3/h6-8H,4-5H2,1-3H3. The van der Waals surface area contributed by atoms with Crippen molar-refractivity contribution < 1.29 is 14.3 Å². The summed E-state index contributed by atoms with van der Waals surface area (Å²) in [7, 11) is 3.23. The maximum Gasteiger partial charge on any atom is 0.130 e. The highest BCUT2D eigenvalue weighted by Gasteiger charge is 2.05. The highest BCUT2D eigenvalue weighted by molar-refractivity contribution is 5.75. The summed E-state index contributed by atoms with van der Waals surface area (Å²) in [4.78, 5) is 10.9. The molecule has 3 nitrogen and oxygen atoms in total. The van der Waals surface area contributed by atoms with Crippen molar-refractivity contribution in [2.45, 2.75) is 19.8 Å². The predicted octanol–water partition coefficient (Wildman–Crippen LogP) is 2.23. The van der Waals surface area contributed by atoms with Gasteiger partial charge in [0.15, 0.2) is 0 Å². The number of rotatable bonds is 5. The zero-order chi connectivity index (χ0) is 11.3. The van der Waals surface area contributed by atoms with Crippen LogP contribution in [-0.2, 0) is 11.2 Å². The normalized spacial score (nSPS) is 9.80.